The second-order valence-electron chi connectivity index (χ2n) is 9.44. The van der Waals surface area contributed by atoms with Crippen LogP contribution in [-0.2, 0) is 38.6 Å². The van der Waals surface area contributed by atoms with Crippen molar-refractivity contribution in [2.75, 3.05) is 0 Å². The summed E-state index contributed by atoms with van der Waals surface area (Å²) in [7, 11) is 0. The Balaban J connectivity index is 1.56. The number of nitrogens with two attached hydrogens (primary N) is 1. The Labute approximate surface area is 226 Å². The summed E-state index contributed by atoms with van der Waals surface area (Å²) in [4.78, 5) is 42.4. The van der Waals surface area contributed by atoms with E-state index in [4.69, 9.17) is 10.5 Å². The van der Waals surface area contributed by atoms with Crippen molar-refractivity contribution < 1.29 is 24.2 Å². The lowest BCUT2D eigenvalue weighted by Gasteiger charge is -2.23. The molecular weight excluding hydrogens is 496 g/mol. The van der Waals surface area contributed by atoms with Crippen LogP contribution in [0.15, 0.2) is 85.1 Å². The molecule has 9 nitrogen and oxygen atoms in total. The fourth-order valence-electron chi connectivity index (χ4n) is 4.20. The van der Waals surface area contributed by atoms with Gasteiger partial charge in [-0.15, -0.1) is 0 Å². The van der Waals surface area contributed by atoms with E-state index < -0.39 is 35.9 Å². The van der Waals surface area contributed by atoms with Gasteiger partial charge >= 0.3 is 5.97 Å². The summed E-state index contributed by atoms with van der Waals surface area (Å²) in [6, 6.07) is 20.4. The van der Waals surface area contributed by atoms with Gasteiger partial charge in [0, 0.05) is 29.9 Å². The summed E-state index contributed by atoms with van der Waals surface area (Å²) in [6.45, 7) is 1.57. The van der Waals surface area contributed by atoms with Gasteiger partial charge in [-0.3, -0.25) is 9.59 Å². The van der Waals surface area contributed by atoms with Crippen LogP contribution >= 0.6 is 0 Å². The van der Waals surface area contributed by atoms with Crippen molar-refractivity contribution in [3.05, 3.63) is 102 Å². The van der Waals surface area contributed by atoms with Crippen molar-refractivity contribution in [3.63, 3.8) is 0 Å². The average Bonchev–Trinajstić information content (AvgIpc) is 3.35. The molecule has 0 spiro atoms. The monoisotopic (exact) mass is 528 g/mol. The van der Waals surface area contributed by atoms with Crippen LogP contribution in [0.5, 0.6) is 5.75 Å². The summed E-state index contributed by atoms with van der Waals surface area (Å²) < 4.78 is 5.58. The molecule has 4 rings (SSSR count). The molecule has 0 aliphatic carbocycles. The van der Waals surface area contributed by atoms with Gasteiger partial charge in [0.25, 0.3) is 0 Å². The molecule has 0 fully saturated rings. The third-order valence-corrected chi connectivity index (χ3v) is 6.35. The van der Waals surface area contributed by atoms with Crippen LogP contribution in [0.2, 0.25) is 0 Å². The number of aromatic hydroxyl groups is 1. The zero-order chi connectivity index (χ0) is 27.8. The molecule has 1 aromatic heterocycles. The molecule has 2 amide bonds. The number of benzene rings is 3. The normalized spacial score (nSPS) is 13.3. The summed E-state index contributed by atoms with van der Waals surface area (Å²) in [6.07, 6.45) is 2.11. The van der Waals surface area contributed by atoms with E-state index in [-0.39, 0.29) is 25.2 Å². The Bertz CT molecular complexity index is 1420. The fourth-order valence-corrected chi connectivity index (χ4v) is 4.20. The van der Waals surface area contributed by atoms with Crippen LogP contribution in [0.3, 0.4) is 0 Å². The number of nitrogens with one attached hydrogen (secondary N) is 3. The van der Waals surface area contributed by atoms with Gasteiger partial charge in [-0.2, -0.15) is 0 Å². The Morgan fingerprint density at radius 1 is 0.846 bits per heavy atom. The minimum absolute atomic E-state index is 0.0539. The van der Waals surface area contributed by atoms with Crippen molar-refractivity contribution in [2.45, 2.75) is 44.5 Å². The maximum Gasteiger partial charge on any atom is 0.329 e. The van der Waals surface area contributed by atoms with E-state index in [1.807, 2.05) is 54.6 Å². The first-order chi connectivity index (χ1) is 18.8. The predicted molar refractivity (Wildman–Crippen MR) is 148 cm³/mol. The molecule has 0 radical (unpaired) electrons. The molecule has 1 heterocycles. The van der Waals surface area contributed by atoms with Crippen LogP contribution in [0, 0.1) is 0 Å². The maximum atomic E-state index is 13.5. The Hall–Kier alpha value is -4.63. The molecule has 4 aromatic rings. The van der Waals surface area contributed by atoms with Gasteiger partial charge in [-0.05, 0) is 41.8 Å². The third-order valence-electron chi connectivity index (χ3n) is 6.35. The van der Waals surface area contributed by atoms with Gasteiger partial charge < -0.3 is 31.2 Å². The highest BCUT2D eigenvalue weighted by Gasteiger charge is 2.29. The number of amides is 2. The van der Waals surface area contributed by atoms with E-state index in [9.17, 15) is 19.5 Å². The average molecular weight is 529 g/mol. The lowest BCUT2D eigenvalue weighted by atomic mass is 10.0. The van der Waals surface area contributed by atoms with Crippen molar-refractivity contribution >= 4 is 28.7 Å². The molecule has 202 valence electrons. The summed E-state index contributed by atoms with van der Waals surface area (Å²) >= 11 is 0. The summed E-state index contributed by atoms with van der Waals surface area (Å²) in [5.74, 6) is -1.58. The number of rotatable bonds is 11. The molecule has 0 aliphatic heterocycles. The van der Waals surface area contributed by atoms with E-state index in [1.165, 1.54) is 19.1 Å². The number of H-pyrrole nitrogens is 1. The van der Waals surface area contributed by atoms with E-state index in [1.54, 1.807) is 18.3 Å². The van der Waals surface area contributed by atoms with Gasteiger partial charge in [0.15, 0.2) is 0 Å². The third kappa shape index (κ3) is 7.45. The number of hydrogen-bond donors (Lipinski definition) is 5. The van der Waals surface area contributed by atoms with Gasteiger partial charge in [0.2, 0.25) is 11.8 Å². The van der Waals surface area contributed by atoms with E-state index in [0.29, 0.717) is 5.56 Å². The number of fused-ring (bicyclic) bond motifs is 1. The van der Waals surface area contributed by atoms with Crippen molar-refractivity contribution in [3.8, 4) is 5.75 Å². The fraction of sp³-hybridized carbons (Fsp3) is 0.233. The quantitative estimate of drug-likeness (QED) is 0.189. The Kier molecular flexibility index (Phi) is 8.96. The highest BCUT2D eigenvalue weighted by atomic mass is 16.5. The lowest BCUT2D eigenvalue weighted by Crippen LogP contribution is -2.55. The molecule has 0 saturated carbocycles. The number of para-hydroxylation sites is 1. The second kappa shape index (κ2) is 12.7. The first kappa shape index (κ1) is 27.4. The standard InChI is InChI=1S/C30H32N4O5/c1-19(31)28(36)33-26(15-20-11-13-23(35)14-12-20)29(37)34-27(30(38)39-18-21-7-3-2-4-8-21)16-22-17-32-25-10-6-5-9-24(22)25/h2-14,17,19,26-27,32,35H,15-16,18,31H2,1H3,(H,33,36)(H,34,37)/t19-,26-,27-/m0/s1. The van der Waals surface area contributed by atoms with Gasteiger partial charge in [0.05, 0.1) is 6.04 Å². The second-order valence-corrected chi connectivity index (χ2v) is 9.44. The number of carbonyl (C=O) groups excluding carboxylic acids is 3. The molecule has 6 N–H and O–H groups in total. The highest BCUT2D eigenvalue weighted by Crippen LogP contribution is 2.20. The van der Waals surface area contributed by atoms with Crippen LogP contribution in [0.1, 0.15) is 23.6 Å². The topological polar surface area (TPSA) is 147 Å². The Morgan fingerprint density at radius 2 is 1.51 bits per heavy atom. The molecule has 3 aromatic carbocycles. The van der Waals surface area contributed by atoms with Gasteiger partial charge in [-0.1, -0.05) is 60.7 Å². The SMILES string of the molecule is C[C@H](N)C(=O)N[C@@H](Cc1ccc(O)cc1)C(=O)N[C@@H](Cc1c[nH]c2ccccc12)C(=O)OCc1ccccc1. The van der Waals surface area contributed by atoms with E-state index >= 15 is 0 Å². The first-order valence-corrected chi connectivity index (χ1v) is 12.7. The van der Waals surface area contributed by atoms with Gasteiger partial charge in [0.1, 0.15) is 24.4 Å². The number of phenolic OH excluding ortho intramolecular Hbond substituents is 1. The number of aromatic amines is 1. The van der Waals surface area contributed by atoms with Crippen molar-refractivity contribution in [1.82, 2.24) is 15.6 Å². The van der Waals surface area contributed by atoms with Crippen LogP contribution in [-0.4, -0.2) is 46.0 Å². The largest absolute Gasteiger partial charge is 0.508 e. The number of esters is 1. The van der Waals surface area contributed by atoms with E-state index in [0.717, 1.165) is 22.0 Å². The summed E-state index contributed by atoms with van der Waals surface area (Å²) in [5.41, 5.74) is 9.00. The number of aromatic nitrogens is 1. The molecule has 39 heavy (non-hydrogen) atoms. The van der Waals surface area contributed by atoms with E-state index in [2.05, 4.69) is 15.6 Å². The number of hydrogen-bond acceptors (Lipinski definition) is 6. The highest BCUT2D eigenvalue weighted by molar-refractivity contribution is 5.92. The molecule has 0 unspecified atom stereocenters. The smallest absolute Gasteiger partial charge is 0.329 e. The molecular formula is C30H32N4O5. The zero-order valence-electron chi connectivity index (χ0n) is 21.6. The van der Waals surface area contributed by atoms with Gasteiger partial charge in [-0.25, -0.2) is 4.79 Å². The number of carbonyl (C=O) groups is 3. The van der Waals surface area contributed by atoms with Crippen LogP contribution in [0.25, 0.3) is 10.9 Å². The zero-order valence-corrected chi connectivity index (χ0v) is 21.6. The summed E-state index contributed by atoms with van der Waals surface area (Å²) in [5, 5.41) is 16.0. The van der Waals surface area contributed by atoms with Crippen LogP contribution in [0.4, 0.5) is 0 Å². The maximum absolute atomic E-state index is 13.5. The molecule has 0 saturated heterocycles. The minimum Gasteiger partial charge on any atom is -0.508 e. The molecule has 3 atom stereocenters. The predicted octanol–water partition coefficient (Wildman–Crippen LogP) is 2.72. The minimum atomic E-state index is -1.02. The Morgan fingerprint density at radius 3 is 2.23 bits per heavy atom. The van der Waals surface area contributed by atoms with Crippen LogP contribution < -0.4 is 16.4 Å². The van der Waals surface area contributed by atoms with Crippen molar-refractivity contribution in [2.24, 2.45) is 5.73 Å². The number of ether oxygens (including phenoxy) is 1. The molecule has 0 aliphatic rings. The first-order valence-electron chi connectivity index (χ1n) is 12.7. The van der Waals surface area contributed by atoms with Crippen molar-refractivity contribution in [1.29, 1.82) is 0 Å². The molecule has 9 heteroatoms. The lowest BCUT2D eigenvalue weighted by molar-refractivity contribution is -0.149. The molecule has 0 bridgehead atoms. The number of phenols is 1.